The van der Waals surface area contributed by atoms with Crippen LogP contribution in [0.3, 0.4) is 0 Å². The Morgan fingerprint density at radius 2 is 1.41 bits per heavy atom. The number of nitrogens with zero attached hydrogens (tertiary/aromatic N) is 1. The van der Waals surface area contributed by atoms with Crippen molar-refractivity contribution >= 4 is 63.2 Å². The van der Waals surface area contributed by atoms with E-state index in [4.69, 9.17) is 11.5 Å². The quantitative estimate of drug-likeness (QED) is 0.0509. The van der Waals surface area contributed by atoms with E-state index < -0.39 is 66.2 Å². The maximum Gasteiger partial charge on any atom is 0.243 e. The summed E-state index contributed by atoms with van der Waals surface area (Å²) in [7, 11) is 0. The highest BCUT2D eigenvalue weighted by atomic mass is 32.2. The first-order chi connectivity index (χ1) is 26.9. The van der Waals surface area contributed by atoms with Gasteiger partial charge in [0.15, 0.2) is 5.12 Å². The van der Waals surface area contributed by atoms with Gasteiger partial charge in [-0.05, 0) is 36.6 Å². The number of hydrogen-bond donors (Lipinski definition) is 9. The van der Waals surface area contributed by atoms with Gasteiger partial charge in [-0.25, -0.2) is 4.98 Å². The van der Waals surface area contributed by atoms with Crippen molar-refractivity contribution in [2.45, 2.75) is 69.6 Å². The maximum atomic E-state index is 14.1. The minimum atomic E-state index is -1.21. The molecule has 18 heteroatoms. The summed E-state index contributed by atoms with van der Waals surface area (Å²) in [5.41, 5.74) is 13.9. The van der Waals surface area contributed by atoms with Crippen LogP contribution in [-0.4, -0.2) is 98.5 Å². The second kappa shape index (κ2) is 21.8. The first-order valence-corrected chi connectivity index (χ1v) is 19.1. The van der Waals surface area contributed by atoms with Gasteiger partial charge in [0.1, 0.15) is 24.2 Å². The van der Waals surface area contributed by atoms with E-state index in [2.05, 4.69) is 41.5 Å². The number of H-pyrrole nitrogens is 2. The lowest BCUT2D eigenvalue weighted by Gasteiger charge is -2.26. The Kier molecular flexibility index (Phi) is 16.6. The van der Waals surface area contributed by atoms with Crippen LogP contribution in [0, 0.1) is 0 Å². The third kappa shape index (κ3) is 13.7. The normalized spacial score (nSPS) is 13.1. The van der Waals surface area contributed by atoms with E-state index in [1.54, 1.807) is 36.5 Å². The Morgan fingerprint density at radius 1 is 0.768 bits per heavy atom. The van der Waals surface area contributed by atoms with Gasteiger partial charge in [-0.15, -0.1) is 0 Å². The number of para-hydroxylation sites is 1. The molecule has 0 fully saturated rings. The predicted octanol–water partition coefficient (Wildman–Crippen LogP) is -0.132. The highest BCUT2D eigenvalue weighted by molar-refractivity contribution is 8.13. The summed E-state index contributed by atoms with van der Waals surface area (Å²) in [4.78, 5) is 101. The Labute approximate surface area is 327 Å². The predicted molar refractivity (Wildman–Crippen MR) is 210 cm³/mol. The molecule has 4 rings (SSSR count). The van der Waals surface area contributed by atoms with Gasteiger partial charge in [0.05, 0.1) is 12.9 Å². The number of primary amides is 1. The minimum Gasteiger partial charge on any atom is -0.368 e. The van der Waals surface area contributed by atoms with Gasteiger partial charge < -0.3 is 48.0 Å². The average molecular weight is 789 g/mol. The molecule has 0 bridgehead atoms. The van der Waals surface area contributed by atoms with Gasteiger partial charge in [-0.3, -0.25) is 33.6 Å². The van der Waals surface area contributed by atoms with Crippen molar-refractivity contribution in [1.82, 2.24) is 41.5 Å². The highest BCUT2D eigenvalue weighted by Crippen LogP contribution is 2.19. The number of hydrogen-bond acceptors (Lipinski definition) is 10. The third-order valence-electron chi connectivity index (χ3n) is 8.68. The number of nitrogens with two attached hydrogens (primary N) is 2. The molecule has 0 aliphatic rings. The van der Waals surface area contributed by atoms with Crippen LogP contribution >= 0.6 is 11.8 Å². The van der Waals surface area contributed by atoms with Crippen LogP contribution in [0.2, 0.25) is 0 Å². The number of benzene rings is 2. The molecule has 0 saturated carbocycles. The second-order valence-corrected chi connectivity index (χ2v) is 14.3. The van der Waals surface area contributed by atoms with Crippen LogP contribution in [0.25, 0.3) is 10.9 Å². The van der Waals surface area contributed by atoms with E-state index in [9.17, 15) is 33.6 Å². The molecule has 11 N–H and O–H groups in total. The summed E-state index contributed by atoms with van der Waals surface area (Å²) < 4.78 is 0. The maximum absolute atomic E-state index is 14.1. The van der Waals surface area contributed by atoms with Crippen LogP contribution in [0.5, 0.6) is 0 Å². The number of aromatic amines is 2. The fourth-order valence-electron chi connectivity index (χ4n) is 5.87. The summed E-state index contributed by atoms with van der Waals surface area (Å²) >= 11 is 0.987. The lowest BCUT2D eigenvalue weighted by atomic mass is 10.0. The minimum absolute atomic E-state index is 0.0221. The van der Waals surface area contributed by atoms with Gasteiger partial charge in [-0.2, -0.15) is 0 Å². The summed E-state index contributed by atoms with van der Waals surface area (Å²) in [5, 5.41) is 14.1. The van der Waals surface area contributed by atoms with E-state index in [0.29, 0.717) is 17.7 Å². The van der Waals surface area contributed by atoms with Gasteiger partial charge in [0.2, 0.25) is 35.4 Å². The number of carbonyl (C=O) groups is 7. The molecule has 0 radical (unpaired) electrons. The molecule has 2 heterocycles. The Balaban J connectivity index is 1.56. The zero-order valence-corrected chi connectivity index (χ0v) is 31.8. The summed E-state index contributed by atoms with van der Waals surface area (Å²) in [6, 6.07) is 11.7. The van der Waals surface area contributed by atoms with Crippen molar-refractivity contribution in [3.8, 4) is 0 Å². The number of nitrogens with one attached hydrogen (secondary N) is 7. The summed E-state index contributed by atoms with van der Waals surface area (Å²) in [5.74, 6) is -3.74. The molecule has 2 aromatic carbocycles. The number of aromatic nitrogens is 3. The van der Waals surface area contributed by atoms with Crippen LogP contribution in [0.4, 0.5) is 0 Å². The van der Waals surface area contributed by atoms with Crippen molar-refractivity contribution < 1.29 is 33.6 Å². The number of fused-ring (bicyclic) bond motifs is 1. The molecule has 0 aliphatic carbocycles. The zero-order valence-electron chi connectivity index (χ0n) is 31.0. The topological polar surface area (TPSA) is 276 Å². The average Bonchev–Trinajstić information content (AvgIpc) is 3.85. The molecule has 0 saturated heterocycles. The smallest absolute Gasteiger partial charge is 0.243 e. The standard InChI is InChI=1S/C38H48N10O7S/c1-23(49)56-15-13-34(51)45-32(18-26-20-41-22-44-26)38(55)47-30(16-24-8-3-2-4-9-24)37(54)46-29(12-7-14-39)36(53)48-31(35(52)43-21-33(40)50)17-25-19-42-28-11-6-5-10-27(25)28/h2-6,8-11,19-20,22,29-32,42H,7,12-18,21,39H2,1H3,(H2,40,50)(H,41,44)(H,43,52)(H,45,51)(H,46,54)(H,47,55)(H,48,53)/t29-,30+,31-,32-/m0/s1. The molecule has 2 aromatic heterocycles. The molecule has 4 aromatic rings. The van der Waals surface area contributed by atoms with E-state index in [0.717, 1.165) is 28.2 Å². The number of imidazole rings is 1. The van der Waals surface area contributed by atoms with Crippen molar-refractivity contribution in [1.29, 1.82) is 0 Å². The molecule has 56 heavy (non-hydrogen) atoms. The molecule has 0 aliphatic heterocycles. The largest absolute Gasteiger partial charge is 0.368 e. The molecule has 0 spiro atoms. The van der Waals surface area contributed by atoms with E-state index >= 15 is 0 Å². The molecule has 17 nitrogen and oxygen atoms in total. The monoisotopic (exact) mass is 788 g/mol. The van der Waals surface area contributed by atoms with Gasteiger partial charge in [0.25, 0.3) is 0 Å². The van der Waals surface area contributed by atoms with Crippen LogP contribution < -0.4 is 38.1 Å². The van der Waals surface area contributed by atoms with Crippen LogP contribution in [0.15, 0.2) is 73.3 Å². The van der Waals surface area contributed by atoms with Crippen molar-refractivity contribution in [2.24, 2.45) is 11.5 Å². The molecular formula is C38H48N10O7S. The molecule has 6 amide bonds. The Hall–Kier alpha value is -6.01. The first kappa shape index (κ1) is 42.7. The second-order valence-electron chi connectivity index (χ2n) is 13.0. The first-order valence-electron chi connectivity index (χ1n) is 18.1. The molecule has 298 valence electrons. The van der Waals surface area contributed by atoms with Gasteiger partial charge in [0, 0.05) is 67.4 Å². The number of thioether (sulfide) groups is 1. The Morgan fingerprint density at radius 3 is 2.07 bits per heavy atom. The fourth-order valence-corrected chi connectivity index (χ4v) is 6.45. The Bertz CT molecular complexity index is 1950. The summed E-state index contributed by atoms with van der Waals surface area (Å²) in [6.45, 7) is 1.14. The molecule has 0 unspecified atom stereocenters. The summed E-state index contributed by atoms with van der Waals surface area (Å²) in [6.07, 6.45) is 5.16. The van der Waals surface area contributed by atoms with Crippen molar-refractivity contribution in [3.05, 3.63) is 90.1 Å². The lowest BCUT2D eigenvalue weighted by Crippen LogP contribution is -2.59. The number of amides is 6. The molecule has 4 atom stereocenters. The number of rotatable bonds is 22. The van der Waals surface area contributed by atoms with Gasteiger partial charge >= 0.3 is 0 Å². The molecular weight excluding hydrogens is 741 g/mol. The van der Waals surface area contributed by atoms with E-state index in [1.165, 1.54) is 19.4 Å². The van der Waals surface area contributed by atoms with Gasteiger partial charge in [-0.1, -0.05) is 60.3 Å². The van der Waals surface area contributed by atoms with Crippen LogP contribution in [-0.2, 0) is 52.8 Å². The van der Waals surface area contributed by atoms with Crippen molar-refractivity contribution in [2.75, 3.05) is 18.8 Å². The van der Waals surface area contributed by atoms with Crippen molar-refractivity contribution in [3.63, 3.8) is 0 Å². The lowest BCUT2D eigenvalue weighted by molar-refractivity contribution is -0.134. The fraction of sp³-hybridized carbons (Fsp3) is 0.368. The third-order valence-corrected chi connectivity index (χ3v) is 9.49. The SMILES string of the molecule is CC(=O)SCCC(=O)N[C@@H](Cc1cnc[nH]1)C(=O)N[C@H](Cc1ccccc1)C(=O)N[C@@H](CCCN)C(=O)N[C@@H](Cc1c[nH]c2ccccc12)C(=O)NCC(N)=O. The zero-order chi connectivity index (χ0) is 40.5. The number of carbonyl (C=O) groups excluding carboxylic acids is 7. The highest BCUT2D eigenvalue weighted by Gasteiger charge is 2.32. The van der Waals surface area contributed by atoms with E-state index in [1.807, 2.05) is 24.3 Å². The van der Waals surface area contributed by atoms with Crippen LogP contribution in [0.1, 0.15) is 43.0 Å². The van der Waals surface area contributed by atoms with E-state index in [-0.39, 0.29) is 49.5 Å².